The minimum Gasteiger partial charge on any atom is -0.362 e. The van der Waals surface area contributed by atoms with Crippen LogP contribution in [0.25, 0.3) is 10.2 Å². The third-order valence-electron chi connectivity index (χ3n) is 4.45. The largest absolute Gasteiger partial charge is 0.362 e. The number of thiophene rings is 2. The maximum atomic E-state index is 12.5. The van der Waals surface area contributed by atoms with E-state index in [1.165, 1.54) is 16.2 Å². The maximum Gasteiger partial charge on any atom is 0.261 e. The number of nitrogens with zero attached hydrogens (tertiary/aromatic N) is 2. The van der Waals surface area contributed by atoms with Crippen molar-refractivity contribution in [2.45, 2.75) is 45.2 Å². The molecule has 5 nitrogen and oxygen atoms in total. The van der Waals surface area contributed by atoms with E-state index >= 15 is 0 Å². The summed E-state index contributed by atoms with van der Waals surface area (Å²) in [6, 6.07) is 4.76. The summed E-state index contributed by atoms with van der Waals surface area (Å²) in [5.41, 5.74) is 0.960. The molecular weight excluding hydrogens is 352 g/mol. The number of fused-ring (bicyclic) bond motifs is 1. The summed E-state index contributed by atoms with van der Waals surface area (Å²) in [4.78, 5) is 24.2. The van der Waals surface area contributed by atoms with Gasteiger partial charge in [-0.2, -0.15) is 0 Å². The number of nitrogens with one attached hydrogen (secondary N) is 2. The van der Waals surface area contributed by atoms with E-state index in [1.54, 1.807) is 17.7 Å². The van der Waals surface area contributed by atoms with E-state index in [-0.39, 0.29) is 11.9 Å². The number of hydrogen-bond acceptors (Lipinski definition) is 6. The molecule has 1 aliphatic rings. The molecule has 0 aliphatic heterocycles. The molecule has 4 rings (SSSR count). The predicted octanol–water partition coefficient (Wildman–Crippen LogP) is 4.52. The molecule has 0 saturated heterocycles. The van der Waals surface area contributed by atoms with E-state index in [4.69, 9.17) is 0 Å². The monoisotopic (exact) mass is 372 g/mol. The number of carbonyl (C=O) groups excluding carboxylic acids is 1. The molecule has 1 amide bonds. The topological polar surface area (TPSA) is 66.9 Å². The average Bonchev–Trinajstić information content (AvgIpc) is 3.13. The summed E-state index contributed by atoms with van der Waals surface area (Å²) in [5, 5.41) is 9.68. The normalized spacial score (nSPS) is 15.3. The average molecular weight is 373 g/mol. The van der Waals surface area contributed by atoms with Crippen LogP contribution in [-0.4, -0.2) is 21.9 Å². The Hall–Kier alpha value is -1.99. The van der Waals surface area contributed by atoms with Gasteiger partial charge in [-0.3, -0.25) is 4.79 Å². The highest BCUT2D eigenvalue weighted by Crippen LogP contribution is 2.36. The van der Waals surface area contributed by atoms with Crippen molar-refractivity contribution < 1.29 is 4.79 Å². The van der Waals surface area contributed by atoms with E-state index in [9.17, 15) is 4.79 Å². The first-order valence-electron chi connectivity index (χ1n) is 8.52. The van der Waals surface area contributed by atoms with Crippen LogP contribution in [-0.2, 0) is 0 Å². The van der Waals surface area contributed by atoms with Crippen LogP contribution >= 0.6 is 22.7 Å². The summed E-state index contributed by atoms with van der Waals surface area (Å²) in [5.74, 6) is 0.823. The van der Waals surface area contributed by atoms with E-state index in [0.717, 1.165) is 45.7 Å². The fourth-order valence-corrected chi connectivity index (χ4v) is 4.82. The Morgan fingerprint density at radius 3 is 2.92 bits per heavy atom. The highest BCUT2D eigenvalue weighted by Gasteiger charge is 2.27. The quantitative estimate of drug-likeness (QED) is 0.668. The molecule has 2 N–H and O–H groups in total. The molecule has 1 aliphatic carbocycles. The SMILES string of the molecule is CC[C@@H](Nc1ncnc2sc(C(=O)NC3CC3)c(C)c12)c1cccs1. The molecule has 25 heavy (non-hydrogen) atoms. The van der Waals surface area contributed by atoms with E-state index < -0.39 is 0 Å². The smallest absolute Gasteiger partial charge is 0.261 e. The Morgan fingerprint density at radius 1 is 1.40 bits per heavy atom. The van der Waals surface area contributed by atoms with Crippen LogP contribution in [0, 0.1) is 6.92 Å². The summed E-state index contributed by atoms with van der Waals surface area (Å²) < 4.78 is 0. The molecule has 0 radical (unpaired) electrons. The van der Waals surface area contributed by atoms with Crippen molar-refractivity contribution in [3.8, 4) is 0 Å². The highest BCUT2D eigenvalue weighted by molar-refractivity contribution is 7.20. The molecule has 1 saturated carbocycles. The van der Waals surface area contributed by atoms with Crippen LogP contribution in [0.1, 0.15) is 52.3 Å². The minimum atomic E-state index is 0.0132. The van der Waals surface area contributed by atoms with Crippen molar-refractivity contribution in [2.24, 2.45) is 0 Å². The summed E-state index contributed by atoms with van der Waals surface area (Å²) in [6.07, 6.45) is 4.71. The van der Waals surface area contributed by atoms with Gasteiger partial charge in [-0.25, -0.2) is 9.97 Å². The summed E-state index contributed by atoms with van der Waals surface area (Å²) in [7, 11) is 0. The fraction of sp³-hybridized carbons (Fsp3) is 0.389. The van der Waals surface area contributed by atoms with E-state index in [0.29, 0.717) is 6.04 Å². The molecule has 130 valence electrons. The number of anilines is 1. The molecule has 7 heteroatoms. The van der Waals surface area contributed by atoms with Gasteiger partial charge in [0.2, 0.25) is 0 Å². The second-order valence-corrected chi connectivity index (χ2v) is 8.31. The van der Waals surface area contributed by atoms with Crippen LogP contribution in [0.4, 0.5) is 5.82 Å². The number of carbonyl (C=O) groups is 1. The Bertz CT molecular complexity index is 899. The Morgan fingerprint density at radius 2 is 2.24 bits per heavy atom. The van der Waals surface area contributed by atoms with Crippen molar-refractivity contribution in [3.63, 3.8) is 0 Å². The lowest BCUT2D eigenvalue weighted by Crippen LogP contribution is -2.25. The van der Waals surface area contributed by atoms with E-state index in [2.05, 4.69) is 45.0 Å². The zero-order chi connectivity index (χ0) is 17.4. The van der Waals surface area contributed by atoms with Crippen molar-refractivity contribution in [2.75, 3.05) is 5.32 Å². The molecule has 0 aromatic carbocycles. The predicted molar refractivity (Wildman–Crippen MR) is 104 cm³/mol. The molecule has 0 spiro atoms. The second kappa shape index (κ2) is 6.72. The van der Waals surface area contributed by atoms with Crippen LogP contribution in [0.15, 0.2) is 23.8 Å². The molecule has 3 aromatic rings. The van der Waals surface area contributed by atoms with Gasteiger partial charge in [-0.05, 0) is 43.2 Å². The van der Waals surface area contributed by atoms with Gasteiger partial charge >= 0.3 is 0 Å². The van der Waals surface area contributed by atoms with Gasteiger partial charge in [0.15, 0.2) is 0 Å². The molecule has 0 bridgehead atoms. The van der Waals surface area contributed by atoms with E-state index in [1.807, 2.05) is 6.92 Å². The number of rotatable bonds is 6. The lowest BCUT2D eigenvalue weighted by atomic mass is 10.1. The number of amides is 1. The third kappa shape index (κ3) is 3.26. The summed E-state index contributed by atoms with van der Waals surface area (Å²) in [6.45, 7) is 4.14. The maximum absolute atomic E-state index is 12.5. The van der Waals surface area contributed by atoms with Gasteiger partial charge in [0.25, 0.3) is 5.91 Å². The zero-order valence-electron chi connectivity index (χ0n) is 14.2. The number of hydrogen-bond donors (Lipinski definition) is 2. The standard InChI is InChI=1S/C18H20N4OS2/c1-3-12(13-5-4-8-24-13)22-16-14-10(2)15(17(23)21-11-6-7-11)25-18(14)20-9-19-16/h4-5,8-9,11-12H,3,6-7H2,1-2H3,(H,21,23)(H,19,20,22)/t12-/m1/s1. The van der Waals surface area contributed by atoms with Crippen molar-refractivity contribution in [1.82, 2.24) is 15.3 Å². The number of aryl methyl sites for hydroxylation is 1. The first-order chi connectivity index (χ1) is 12.2. The first-order valence-corrected chi connectivity index (χ1v) is 10.2. The molecule has 3 heterocycles. The van der Waals surface area contributed by atoms with Gasteiger partial charge in [-0.1, -0.05) is 13.0 Å². The van der Waals surface area contributed by atoms with Crippen LogP contribution in [0.2, 0.25) is 0 Å². The lowest BCUT2D eigenvalue weighted by molar-refractivity contribution is 0.0954. The van der Waals surface area contributed by atoms with Gasteiger partial charge in [0.05, 0.1) is 16.3 Å². The van der Waals surface area contributed by atoms with Gasteiger partial charge in [-0.15, -0.1) is 22.7 Å². The van der Waals surface area contributed by atoms with Gasteiger partial charge < -0.3 is 10.6 Å². The van der Waals surface area contributed by atoms with Crippen molar-refractivity contribution >= 4 is 44.6 Å². The Labute approximate surface area is 154 Å². The molecule has 3 aromatic heterocycles. The third-order valence-corrected chi connectivity index (χ3v) is 6.64. The highest BCUT2D eigenvalue weighted by atomic mass is 32.1. The molecule has 0 unspecified atom stereocenters. The fourth-order valence-electron chi connectivity index (χ4n) is 2.91. The van der Waals surface area contributed by atoms with Crippen LogP contribution in [0.3, 0.4) is 0 Å². The first kappa shape index (κ1) is 16.5. The molecular formula is C18H20N4OS2. The number of aromatic nitrogens is 2. The lowest BCUT2D eigenvalue weighted by Gasteiger charge is -2.16. The van der Waals surface area contributed by atoms with Gasteiger partial charge in [0.1, 0.15) is 17.0 Å². The summed E-state index contributed by atoms with van der Waals surface area (Å²) >= 11 is 3.19. The minimum absolute atomic E-state index is 0.0132. The second-order valence-electron chi connectivity index (χ2n) is 6.33. The molecule has 1 fully saturated rings. The van der Waals surface area contributed by atoms with Crippen molar-refractivity contribution in [1.29, 1.82) is 0 Å². The molecule has 1 atom stereocenters. The van der Waals surface area contributed by atoms with Crippen molar-refractivity contribution in [3.05, 3.63) is 39.2 Å². The van der Waals surface area contributed by atoms with Gasteiger partial charge in [0, 0.05) is 10.9 Å². The Kier molecular flexibility index (Phi) is 4.43. The zero-order valence-corrected chi connectivity index (χ0v) is 15.8. The Balaban J connectivity index is 1.69. The van der Waals surface area contributed by atoms with Crippen LogP contribution in [0.5, 0.6) is 0 Å². The van der Waals surface area contributed by atoms with Crippen LogP contribution < -0.4 is 10.6 Å².